The quantitative estimate of drug-likeness (QED) is 0.178. The van der Waals surface area contributed by atoms with E-state index < -0.39 is 23.3 Å². The molecule has 0 saturated heterocycles. The van der Waals surface area contributed by atoms with Gasteiger partial charge in [-0.05, 0) is 110 Å². The average molecular weight is 735 g/mol. The number of aromatic nitrogens is 4. The van der Waals surface area contributed by atoms with Gasteiger partial charge in [-0.3, -0.25) is 19.4 Å². The number of aryl methyl sites for hydroxylation is 4. The molecule has 6 rings (SSSR count). The summed E-state index contributed by atoms with van der Waals surface area (Å²) < 4.78 is 20.4. The number of carbonyl (C=O) groups is 4. The molecule has 5 heterocycles. The molecule has 12 heteroatoms. The van der Waals surface area contributed by atoms with Gasteiger partial charge in [-0.1, -0.05) is 19.1 Å². The molecule has 3 aromatic rings. The number of nitrogens with one attached hydrogen (secondary N) is 2. The van der Waals surface area contributed by atoms with Gasteiger partial charge >= 0.3 is 23.9 Å². The maximum atomic E-state index is 13.7. The third kappa shape index (κ3) is 6.43. The number of allylic oxidation sites excluding steroid dienone is 5. The van der Waals surface area contributed by atoms with Crippen molar-refractivity contribution >= 4 is 62.7 Å². The van der Waals surface area contributed by atoms with Crippen LogP contribution >= 0.6 is 0 Å². The predicted molar refractivity (Wildman–Crippen MR) is 205 cm³/mol. The number of nitrogens with zero attached hydrogens (tertiary/aromatic N) is 2. The van der Waals surface area contributed by atoms with Crippen LogP contribution in [0.1, 0.15) is 85.1 Å². The summed E-state index contributed by atoms with van der Waals surface area (Å²) in [7, 11) is 5.32. The van der Waals surface area contributed by atoms with Crippen molar-refractivity contribution < 1.29 is 38.1 Å². The molecule has 282 valence electrons. The number of esters is 4. The maximum absolute atomic E-state index is 13.7. The van der Waals surface area contributed by atoms with Gasteiger partial charge in [-0.2, -0.15) is 0 Å². The molecule has 3 aliphatic rings. The lowest BCUT2D eigenvalue weighted by Crippen LogP contribution is -2.42. The predicted octanol–water partition coefficient (Wildman–Crippen LogP) is 6.73. The molecule has 1 aliphatic carbocycles. The number of methoxy groups -OCH3 is 4. The van der Waals surface area contributed by atoms with Crippen molar-refractivity contribution in [3.63, 3.8) is 0 Å². The first-order valence-electron chi connectivity index (χ1n) is 18.0. The van der Waals surface area contributed by atoms with E-state index in [2.05, 4.69) is 23.8 Å². The second-order valence-corrected chi connectivity index (χ2v) is 13.9. The Labute approximate surface area is 313 Å². The van der Waals surface area contributed by atoms with E-state index in [1.807, 2.05) is 51.1 Å². The standard InChI is InChI=1S/C42H46N4O8/c1-10-24-21(2)30-18-35-28-14-11-27(40(49)53-8)39(41(50)54-9)42(28,5)36(46-35)20-31-23(4)26(13-16-38(48)52-7)34(45-31)19-33-25(12-15-37(47)51-6)22(3)29(44-33)17-32(24)43-30/h11,14,17-20,39,43,45H,10,12-13,15-16H2,1-9H3/t39-,42+/m0/s1. The lowest BCUT2D eigenvalue weighted by Gasteiger charge is -2.36. The average Bonchev–Trinajstić information content (AvgIpc) is 3.82. The van der Waals surface area contributed by atoms with Crippen LogP contribution in [0, 0.1) is 19.8 Å². The second-order valence-electron chi connectivity index (χ2n) is 13.9. The maximum Gasteiger partial charge on any atom is 0.334 e. The van der Waals surface area contributed by atoms with Gasteiger partial charge in [0.2, 0.25) is 0 Å². The third-order valence-corrected chi connectivity index (χ3v) is 11.2. The van der Waals surface area contributed by atoms with E-state index in [0.29, 0.717) is 35.4 Å². The highest BCUT2D eigenvalue weighted by Crippen LogP contribution is 2.52. The van der Waals surface area contributed by atoms with Crippen molar-refractivity contribution in [1.29, 1.82) is 0 Å². The molecule has 0 aromatic carbocycles. The third-order valence-electron chi connectivity index (χ3n) is 11.2. The van der Waals surface area contributed by atoms with Crippen LogP contribution in [0.2, 0.25) is 0 Å². The van der Waals surface area contributed by atoms with Gasteiger partial charge in [0, 0.05) is 34.9 Å². The zero-order chi connectivity index (χ0) is 39.1. The minimum Gasteiger partial charge on any atom is -0.469 e. The molecule has 3 aromatic heterocycles. The minimum absolute atomic E-state index is 0.140. The minimum atomic E-state index is -1.14. The molecule has 2 aliphatic heterocycles. The Hall–Kier alpha value is -5.78. The van der Waals surface area contributed by atoms with Crippen LogP contribution in [-0.4, -0.2) is 72.3 Å². The topological polar surface area (TPSA) is 163 Å². The van der Waals surface area contributed by atoms with Crippen molar-refractivity contribution in [3.8, 4) is 0 Å². The molecular formula is C42H46N4O8. The van der Waals surface area contributed by atoms with E-state index >= 15 is 0 Å². The summed E-state index contributed by atoms with van der Waals surface area (Å²) in [5.41, 5.74) is 11.3. The van der Waals surface area contributed by atoms with Crippen LogP contribution in [0.3, 0.4) is 0 Å². The van der Waals surface area contributed by atoms with Gasteiger partial charge in [0.05, 0.1) is 62.2 Å². The van der Waals surface area contributed by atoms with Crippen LogP contribution in [0.15, 0.2) is 42.0 Å². The lowest BCUT2D eigenvalue weighted by atomic mass is 9.64. The van der Waals surface area contributed by atoms with Gasteiger partial charge in [0.1, 0.15) is 5.92 Å². The molecule has 54 heavy (non-hydrogen) atoms. The Kier molecular flexibility index (Phi) is 10.5. The Balaban J connectivity index is 1.76. The number of rotatable bonds is 9. The van der Waals surface area contributed by atoms with E-state index in [4.69, 9.17) is 28.9 Å². The molecule has 2 N–H and O–H groups in total. The molecule has 12 nitrogen and oxygen atoms in total. The van der Waals surface area contributed by atoms with Crippen molar-refractivity contribution in [2.75, 3.05) is 28.4 Å². The molecule has 0 fully saturated rings. The zero-order valence-corrected chi connectivity index (χ0v) is 32.2. The van der Waals surface area contributed by atoms with Gasteiger partial charge in [-0.15, -0.1) is 0 Å². The number of carbonyl (C=O) groups excluding carboxylic acids is 4. The van der Waals surface area contributed by atoms with Gasteiger partial charge in [0.25, 0.3) is 0 Å². The van der Waals surface area contributed by atoms with Crippen LogP contribution < -0.4 is 0 Å². The fourth-order valence-electron chi connectivity index (χ4n) is 8.01. The number of hydrogen-bond acceptors (Lipinski definition) is 10. The molecule has 2 atom stereocenters. The fraction of sp³-hybridized carbons (Fsp3) is 0.381. The number of ether oxygens (including phenoxy) is 4. The van der Waals surface area contributed by atoms with Gasteiger partial charge < -0.3 is 28.9 Å². The summed E-state index contributed by atoms with van der Waals surface area (Å²) in [5, 5.41) is 0. The molecule has 0 radical (unpaired) electrons. The van der Waals surface area contributed by atoms with E-state index in [9.17, 15) is 19.2 Å². The highest BCUT2D eigenvalue weighted by Gasteiger charge is 2.53. The van der Waals surface area contributed by atoms with Crippen molar-refractivity contribution in [1.82, 2.24) is 19.9 Å². The molecular weight excluding hydrogens is 688 g/mol. The monoisotopic (exact) mass is 734 g/mol. The normalized spacial score (nSPS) is 17.7. The summed E-state index contributed by atoms with van der Waals surface area (Å²) in [6, 6.07) is 7.87. The number of fused-ring (bicyclic) bond motifs is 11. The fourth-order valence-corrected chi connectivity index (χ4v) is 8.01. The van der Waals surface area contributed by atoms with Crippen LogP contribution in [-0.2, 0) is 56.4 Å². The molecule has 8 bridgehead atoms. The first-order chi connectivity index (χ1) is 25.8. The Morgan fingerprint density at radius 3 is 1.93 bits per heavy atom. The van der Waals surface area contributed by atoms with Crippen molar-refractivity contribution in [2.24, 2.45) is 5.92 Å². The summed E-state index contributed by atoms with van der Waals surface area (Å²) in [6.45, 7) is 10.0. The number of hydrogen-bond donors (Lipinski definition) is 2. The molecule has 0 amide bonds. The van der Waals surface area contributed by atoms with E-state index in [0.717, 1.165) is 67.6 Å². The van der Waals surface area contributed by atoms with Crippen molar-refractivity contribution in [2.45, 2.75) is 72.1 Å². The summed E-state index contributed by atoms with van der Waals surface area (Å²) in [4.78, 5) is 69.1. The Morgan fingerprint density at radius 1 is 0.704 bits per heavy atom. The van der Waals surface area contributed by atoms with Gasteiger partial charge in [0.15, 0.2) is 0 Å². The van der Waals surface area contributed by atoms with Crippen LogP contribution in [0.5, 0.6) is 0 Å². The Bertz CT molecular complexity index is 2360. The van der Waals surface area contributed by atoms with E-state index in [1.54, 1.807) is 6.08 Å². The molecule has 0 saturated carbocycles. The molecule has 0 unspecified atom stereocenters. The highest BCUT2D eigenvalue weighted by atomic mass is 16.5. The highest BCUT2D eigenvalue weighted by molar-refractivity contribution is 6.02. The molecule has 0 spiro atoms. The summed E-state index contributed by atoms with van der Waals surface area (Å²) >= 11 is 0. The van der Waals surface area contributed by atoms with Crippen LogP contribution in [0.4, 0.5) is 0 Å². The van der Waals surface area contributed by atoms with Gasteiger partial charge in [-0.25, -0.2) is 9.78 Å². The van der Waals surface area contributed by atoms with E-state index in [1.165, 1.54) is 28.4 Å². The SMILES string of the molecule is CCc1c(C)c2cc3nc(cc4[nH]c(cc5nc(cc1[nH]2)C(C)=C5CCC(=O)OC)c(CCC(=O)OC)c4C)[C@@]1(C)C3=CC=C(C(=O)OC)[C@H]1C(=O)OC. The summed E-state index contributed by atoms with van der Waals surface area (Å²) in [5.74, 6) is -2.97. The smallest absolute Gasteiger partial charge is 0.334 e. The summed E-state index contributed by atoms with van der Waals surface area (Å²) in [6.07, 6.45) is 5.30. The van der Waals surface area contributed by atoms with Crippen LogP contribution in [0.25, 0.3) is 38.8 Å². The second kappa shape index (κ2) is 14.9. The zero-order valence-electron chi connectivity index (χ0n) is 32.2. The first kappa shape index (κ1) is 38.0. The largest absolute Gasteiger partial charge is 0.469 e. The number of aromatic amines is 2. The lowest BCUT2D eigenvalue weighted by molar-refractivity contribution is -0.149. The number of H-pyrrole nitrogens is 2. The first-order valence-corrected chi connectivity index (χ1v) is 18.0. The van der Waals surface area contributed by atoms with Crippen molar-refractivity contribution in [3.05, 3.63) is 87.0 Å². The van der Waals surface area contributed by atoms with E-state index in [-0.39, 0.29) is 30.4 Å². The Morgan fingerprint density at radius 2 is 1.30 bits per heavy atom.